The average molecular weight is 145 g/mol. The first-order chi connectivity index (χ1) is 4.61. The average Bonchev–Trinajstić information content (AvgIpc) is 2.10. The van der Waals surface area contributed by atoms with E-state index in [1.807, 2.05) is 0 Å². The molecule has 0 N–H and O–H groups in total. The normalized spacial score (nSPS) is 34.7. The summed E-state index contributed by atoms with van der Waals surface area (Å²) in [7, 11) is 1.78. The van der Waals surface area contributed by atoms with Crippen LogP contribution >= 0.6 is 0 Å². The van der Waals surface area contributed by atoms with Crippen LogP contribution in [0.5, 0.6) is 0 Å². The second-order valence-corrected chi connectivity index (χ2v) is 2.90. The van der Waals surface area contributed by atoms with Crippen LogP contribution in [0.4, 0.5) is 4.39 Å². The van der Waals surface area contributed by atoms with Gasteiger partial charge in [0.05, 0.1) is 6.04 Å². The summed E-state index contributed by atoms with van der Waals surface area (Å²) in [5, 5.41) is 0. The third kappa shape index (κ3) is 1.34. The van der Waals surface area contributed by atoms with E-state index in [4.69, 9.17) is 0 Å². The Hall–Kier alpha value is -0.440. The number of hydrogen-bond acceptors (Lipinski definition) is 2. The predicted molar refractivity (Wildman–Crippen MR) is 36.6 cm³/mol. The molecule has 0 radical (unpaired) electrons. The highest BCUT2D eigenvalue weighted by Gasteiger charge is 2.31. The molecule has 0 bridgehead atoms. The van der Waals surface area contributed by atoms with Crippen LogP contribution < -0.4 is 0 Å². The summed E-state index contributed by atoms with van der Waals surface area (Å²) in [5.74, 6) is 0.0719. The lowest BCUT2D eigenvalue weighted by Crippen LogP contribution is -2.30. The molecule has 2 atom stereocenters. The number of carbonyl (C=O) groups excluding carboxylic acids is 1. The molecule has 1 rings (SSSR count). The predicted octanol–water partition coefficient (Wildman–Crippen LogP) is 0.618. The first kappa shape index (κ1) is 7.66. The molecule has 58 valence electrons. The number of Topliss-reactive ketones (excluding diaryl/α,β-unsaturated/α-hetero) is 1. The molecule has 0 aromatic rings. The van der Waals surface area contributed by atoms with Crippen molar-refractivity contribution >= 4 is 5.78 Å². The van der Waals surface area contributed by atoms with Crippen molar-refractivity contribution in [2.24, 2.45) is 0 Å². The number of alkyl halides is 1. The lowest BCUT2D eigenvalue weighted by Gasteiger charge is -2.14. The summed E-state index contributed by atoms with van der Waals surface area (Å²) in [6, 6.07) is -0.171. The summed E-state index contributed by atoms with van der Waals surface area (Å²) in [4.78, 5) is 12.6. The highest BCUT2D eigenvalue weighted by molar-refractivity contribution is 5.81. The van der Waals surface area contributed by atoms with E-state index in [1.54, 1.807) is 11.9 Å². The lowest BCUT2D eigenvalue weighted by molar-refractivity contribution is -0.120. The van der Waals surface area contributed by atoms with E-state index in [2.05, 4.69) is 0 Å². The number of rotatable bonds is 1. The topological polar surface area (TPSA) is 20.3 Å². The Morgan fingerprint density at radius 2 is 2.30 bits per heavy atom. The fraction of sp³-hybridized carbons (Fsp3) is 0.857. The van der Waals surface area contributed by atoms with Gasteiger partial charge in [0.25, 0.3) is 0 Å². The number of carbonyl (C=O) groups is 1. The molecule has 1 aliphatic heterocycles. The van der Waals surface area contributed by atoms with Gasteiger partial charge in [-0.15, -0.1) is 0 Å². The highest BCUT2D eigenvalue weighted by atomic mass is 19.1. The molecule has 1 saturated heterocycles. The van der Waals surface area contributed by atoms with Crippen molar-refractivity contribution in [1.29, 1.82) is 0 Å². The third-order valence-electron chi connectivity index (χ3n) is 1.97. The van der Waals surface area contributed by atoms with Gasteiger partial charge in [-0.3, -0.25) is 9.69 Å². The Morgan fingerprint density at radius 1 is 1.70 bits per heavy atom. The van der Waals surface area contributed by atoms with Crippen molar-refractivity contribution in [3.63, 3.8) is 0 Å². The summed E-state index contributed by atoms with van der Waals surface area (Å²) in [5.41, 5.74) is 0. The number of ketones is 1. The Kier molecular flexibility index (Phi) is 2.04. The molecule has 2 nitrogen and oxygen atoms in total. The van der Waals surface area contributed by atoms with Crippen LogP contribution in [0.25, 0.3) is 0 Å². The maximum Gasteiger partial charge on any atom is 0.146 e. The minimum atomic E-state index is -0.807. The zero-order valence-corrected chi connectivity index (χ0v) is 6.30. The van der Waals surface area contributed by atoms with E-state index in [0.29, 0.717) is 13.0 Å². The van der Waals surface area contributed by atoms with E-state index >= 15 is 0 Å². The van der Waals surface area contributed by atoms with Gasteiger partial charge in [0.2, 0.25) is 0 Å². The maximum atomic E-state index is 12.6. The Labute approximate surface area is 60.0 Å². The molecule has 10 heavy (non-hydrogen) atoms. The number of hydrogen-bond donors (Lipinski definition) is 0. The van der Waals surface area contributed by atoms with Crippen LogP contribution in [0.15, 0.2) is 0 Å². The molecule has 1 unspecified atom stereocenters. The van der Waals surface area contributed by atoms with Crippen molar-refractivity contribution in [1.82, 2.24) is 4.90 Å². The van der Waals surface area contributed by atoms with E-state index in [-0.39, 0.29) is 11.8 Å². The second-order valence-electron chi connectivity index (χ2n) is 2.90. The van der Waals surface area contributed by atoms with Crippen molar-refractivity contribution in [2.75, 3.05) is 13.6 Å². The van der Waals surface area contributed by atoms with Crippen molar-refractivity contribution in [3.05, 3.63) is 0 Å². The van der Waals surface area contributed by atoms with Crippen LogP contribution in [-0.4, -0.2) is 36.5 Å². The molecule has 3 heteroatoms. The first-order valence-corrected chi connectivity index (χ1v) is 3.46. The van der Waals surface area contributed by atoms with Gasteiger partial charge in [0.1, 0.15) is 12.0 Å². The van der Waals surface area contributed by atoms with Gasteiger partial charge in [-0.05, 0) is 14.0 Å². The largest absolute Gasteiger partial charge is 0.298 e. The Morgan fingerprint density at radius 3 is 2.50 bits per heavy atom. The standard InChI is InChI=1S/C7H12FNO/c1-5(10)7-3-6(8)4-9(7)2/h6-7H,3-4H2,1-2H3/t6?,7-/m0/s1. The molecule has 0 amide bonds. The Bertz CT molecular complexity index is 149. The number of halogens is 1. The molecule has 0 saturated carbocycles. The van der Waals surface area contributed by atoms with Crippen molar-refractivity contribution in [2.45, 2.75) is 25.6 Å². The lowest BCUT2D eigenvalue weighted by atomic mass is 10.1. The van der Waals surface area contributed by atoms with E-state index < -0.39 is 6.17 Å². The summed E-state index contributed by atoms with van der Waals surface area (Å²) >= 11 is 0. The molecular weight excluding hydrogens is 133 g/mol. The van der Waals surface area contributed by atoms with Gasteiger partial charge in [0.15, 0.2) is 0 Å². The highest BCUT2D eigenvalue weighted by Crippen LogP contribution is 2.18. The fourth-order valence-corrected chi connectivity index (χ4v) is 1.41. The minimum Gasteiger partial charge on any atom is -0.298 e. The molecular formula is C7H12FNO. The second kappa shape index (κ2) is 2.66. The molecule has 0 aliphatic carbocycles. The quantitative estimate of drug-likeness (QED) is 0.539. The minimum absolute atomic E-state index is 0.0719. The fourth-order valence-electron chi connectivity index (χ4n) is 1.41. The Balaban J connectivity index is 2.54. The molecule has 0 aromatic heterocycles. The van der Waals surface area contributed by atoms with Crippen molar-refractivity contribution < 1.29 is 9.18 Å². The van der Waals surface area contributed by atoms with Crippen LogP contribution in [-0.2, 0) is 4.79 Å². The van der Waals surface area contributed by atoms with Gasteiger partial charge in [-0.25, -0.2) is 4.39 Å². The number of nitrogens with zero attached hydrogens (tertiary/aromatic N) is 1. The smallest absolute Gasteiger partial charge is 0.146 e. The SMILES string of the molecule is CC(=O)[C@@H]1CC(F)CN1C. The number of likely N-dealkylation sites (N-methyl/N-ethyl adjacent to an activating group) is 1. The van der Waals surface area contributed by atoms with Crippen LogP contribution in [0.3, 0.4) is 0 Å². The molecule has 1 aliphatic rings. The van der Waals surface area contributed by atoms with E-state index in [0.717, 1.165) is 0 Å². The van der Waals surface area contributed by atoms with Gasteiger partial charge in [-0.2, -0.15) is 0 Å². The van der Waals surface area contributed by atoms with Gasteiger partial charge in [0, 0.05) is 13.0 Å². The molecule has 1 heterocycles. The monoisotopic (exact) mass is 145 g/mol. The number of likely N-dealkylation sites (tertiary alicyclic amines) is 1. The zero-order valence-electron chi connectivity index (χ0n) is 6.30. The molecule has 1 fully saturated rings. The maximum absolute atomic E-state index is 12.6. The van der Waals surface area contributed by atoms with Gasteiger partial charge < -0.3 is 0 Å². The summed E-state index contributed by atoms with van der Waals surface area (Å²) < 4.78 is 12.6. The van der Waals surface area contributed by atoms with Gasteiger partial charge in [-0.1, -0.05) is 0 Å². The van der Waals surface area contributed by atoms with E-state index in [1.165, 1.54) is 6.92 Å². The summed E-state index contributed by atoms with van der Waals surface area (Å²) in [6.45, 7) is 1.92. The molecule has 0 spiro atoms. The zero-order chi connectivity index (χ0) is 7.72. The molecule has 0 aromatic carbocycles. The van der Waals surface area contributed by atoms with E-state index in [9.17, 15) is 9.18 Å². The van der Waals surface area contributed by atoms with Crippen LogP contribution in [0, 0.1) is 0 Å². The van der Waals surface area contributed by atoms with Crippen LogP contribution in [0.1, 0.15) is 13.3 Å². The van der Waals surface area contributed by atoms with Crippen molar-refractivity contribution in [3.8, 4) is 0 Å². The van der Waals surface area contributed by atoms with Gasteiger partial charge >= 0.3 is 0 Å². The summed E-state index contributed by atoms with van der Waals surface area (Å²) in [6.07, 6.45) is -0.426. The van der Waals surface area contributed by atoms with Crippen LogP contribution in [0.2, 0.25) is 0 Å². The third-order valence-corrected chi connectivity index (χ3v) is 1.97. The first-order valence-electron chi connectivity index (χ1n) is 3.46.